The predicted molar refractivity (Wildman–Crippen MR) is 101 cm³/mol. The average Bonchev–Trinajstić information content (AvgIpc) is 3.25. The molecular formula is C19H26N4OS. The van der Waals surface area contributed by atoms with E-state index in [1.165, 1.54) is 5.56 Å². The van der Waals surface area contributed by atoms with Crippen molar-refractivity contribution in [1.82, 2.24) is 21.2 Å². The molecule has 6 heteroatoms. The highest BCUT2D eigenvalue weighted by molar-refractivity contribution is 7.07. The van der Waals surface area contributed by atoms with Crippen LogP contribution in [0.1, 0.15) is 56.8 Å². The van der Waals surface area contributed by atoms with Gasteiger partial charge in [-0.3, -0.25) is 9.78 Å². The highest BCUT2D eigenvalue weighted by atomic mass is 32.1. The van der Waals surface area contributed by atoms with Crippen molar-refractivity contribution >= 4 is 17.2 Å². The smallest absolute Gasteiger partial charge is 0.239 e. The highest BCUT2D eigenvalue weighted by Crippen LogP contribution is 2.30. The molecule has 1 amide bonds. The molecule has 0 radical (unpaired) electrons. The molecule has 0 aliphatic carbocycles. The Morgan fingerprint density at radius 3 is 2.88 bits per heavy atom. The van der Waals surface area contributed by atoms with Crippen molar-refractivity contribution in [2.75, 3.05) is 0 Å². The summed E-state index contributed by atoms with van der Waals surface area (Å²) in [4.78, 5) is 17.0. The van der Waals surface area contributed by atoms with Gasteiger partial charge in [-0.1, -0.05) is 26.8 Å². The molecule has 3 unspecified atom stereocenters. The Morgan fingerprint density at radius 2 is 2.24 bits per heavy atom. The molecule has 2 aromatic heterocycles. The third-order valence-corrected chi connectivity index (χ3v) is 5.09. The zero-order chi connectivity index (χ0) is 17.9. The second kappa shape index (κ2) is 7.64. The number of thiophene rings is 1. The molecule has 3 N–H and O–H groups in total. The minimum atomic E-state index is -0.232. The fourth-order valence-electron chi connectivity index (χ4n) is 3.14. The maximum atomic E-state index is 12.8. The summed E-state index contributed by atoms with van der Waals surface area (Å²) >= 11 is 1.68. The van der Waals surface area contributed by atoms with E-state index in [1.54, 1.807) is 17.5 Å². The number of carbonyl (C=O) groups is 1. The summed E-state index contributed by atoms with van der Waals surface area (Å²) in [5.41, 5.74) is 8.76. The number of hydrogen-bond donors (Lipinski definition) is 3. The maximum absolute atomic E-state index is 12.8. The van der Waals surface area contributed by atoms with Gasteiger partial charge < -0.3 is 5.32 Å². The lowest BCUT2D eigenvalue weighted by Crippen LogP contribution is -2.45. The van der Waals surface area contributed by atoms with E-state index in [-0.39, 0.29) is 29.4 Å². The first kappa shape index (κ1) is 18.0. The van der Waals surface area contributed by atoms with E-state index in [0.29, 0.717) is 0 Å². The van der Waals surface area contributed by atoms with E-state index < -0.39 is 0 Å². The first-order valence-electron chi connectivity index (χ1n) is 8.66. The van der Waals surface area contributed by atoms with Gasteiger partial charge in [-0.15, -0.1) is 0 Å². The van der Waals surface area contributed by atoms with Crippen LogP contribution in [0, 0.1) is 5.41 Å². The molecule has 3 atom stereocenters. The monoisotopic (exact) mass is 358 g/mol. The van der Waals surface area contributed by atoms with Gasteiger partial charge in [0.15, 0.2) is 0 Å². The molecule has 1 aliphatic heterocycles. The molecular weight excluding hydrogens is 332 g/mol. The minimum Gasteiger partial charge on any atom is -0.348 e. The molecule has 5 nitrogen and oxygen atoms in total. The molecule has 3 rings (SSSR count). The number of amides is 1. The third-order valence-electron chi connectivity index (χ3n) is 4.39. The number of hydrogen-bond acceptors (Lipinski definition) is 5. The topological polar surface area (TPSA) is 66.1 Å². The van der Waals surface area contributed by atoms with Gasteiger partial charge in [-0.2, -0.15) is 11.3 Å². The van der Waals surface area contributed by atoms with E-state index >= 15 is 0 Å². The molecule has 25 heavy (non-hydrogen) atoms. The van der Waals surface area contributed by atoms with Crippen LogP contribution in [0.3, 0.4) is 0 Å². The second-order valence-electron chi connectivity index (χ2n) is 7.80. The van der Waals surface area contributed by atoms with Crippen LogP contribution in [0.5, 0.6) is 0 Å². The first-order valence-corrected chi connectivity index (χ1v) is 9.60. The van der Waals surface area contributed by atoms with Gasteiger partial charge in [0.1, 0.15) is 6.04 Å². The number of aromatic nitrogens is 1. The van der Waals surface area contributed by atoms with Crippen LogP contribution < -0.4 is 16.2 Å². The number of rotatable bonds is 5. The van der Waals surface area contributed by atoms with Gasteiger partial charge in [0.05, 0.1) is 6.04 Å². The fourth-order valence-corrected chi connectivity index (χ4v) is 3.85. The van der Waals surface area contributed by atoms with Gasteiger partial charge in [-0.05, 0) is 52.3 Å². The molecule has 3 heterocycles. The maximum Gasteiger partial charge on any atom is 0.239 e. The van der Waals surface area contributed by atoms with Crippen molar-refractivity contribution in [2.45, 2.75) is 51.7 Å². The van der Waals surface area contributed by atoms with Crippen LogP contribution in [0.4, 0.5) is 0 Å². The molecule has 134 valence electrons. The lowest BCUT2D eigenvalue weighted by atomic mass is 9.85. The Labute approximate surface area is 153 Å². The summed E-state index contributed by atoms with van der Waals surface area (Å²) in [5.74, 6) is 0.0309. The molecule has 1 aliphatic rings. The van der Waals surface area contributed by atoms with Crippen molar-refractivity contribution in [3.63, 3.8) is 0 Å². The van der Waals surface area contributed by atoms with Gasteiger partial charge in [-0.25, -0.2) is 10.9 Å². The van der Waals surface area contributed by atoms with Crippen molar-refractivity contribution in [3.8, 4) is 0 Å². The molecule has 0 aromatic carbocycles. The molecule has 1 saturated heterocycles. The van der Waals surface area contributed by atoms with Gasteiger partial charge in [0, 0.05) is 18.4 Å². The van der Waals surface area contributed by atoms with E-state index in [9.17, 15) is 4.79 Å². The summed E-state index contributed by atoms with van der Waals surface area (Å²) in [6.07, 6.45) is 5.20. The number of nitrogens with zero attached hydrogens (tertiary/aromatic N) is 1. The van der Waals surface area contributed by atoms with Crippen molar-refractivity contribution in [3.05, 3.63) is 52.5 Å². The van der Waals surface area contributed by atoms with E-state index in [1.807, 2.05) is 18.3 Å². The van der Waals surface area contributed by atoms with E-state index in [0.717, 1.165) is 18.4 Å². The summed E-state index contributed by atoms with van der Waals surface area (Å²) < 4.78 is 0. The molecule has 0 saturated carbocycles. The summed E-state index contributed by atoms with van der Waals surface area (Å²) in [6, 6.07) is 5.95. The Hall–Kier alpha value is -1.76. The third kappa shape index (κ3) is 4.87. The molecule has 1 fully saturated rings. The Morgan fingerprint density at radius 1 is 1.40 bits per heavy atom. The Bertz CT molecular complexity index is 681. The lowest BCUT2D eigenvalue weighted by Gasteiger charge is -2.28. The normalized spacial score (nSPS) is 21.9. The number of pyridine rings is 1. The van der Waals surface area contributed by atoms with Crippen LogP contribution in [-0.2, 0) is 4.79 Å². The zero-order valence-corrected chi connectivity index (χ0v) is 15.8. The Balaban J connectivity index is 1.66. The number of carbonyl (C=O) groups excluding carboxylic acids is 1. The van der Waals surface area contributed by atoms with Crippen LogP contribution in [0.2, 0.25) is 0 Å². The van der Waals surface area contributed by atoms with E-state index in [4.69, 9.17) is 0 Å². The highest BCUT2D eigenvalue weighted by Gasteiger charge is 2.32. The van der Waals surface area contributed by atoms with Crippen molar-refractivity contribution in [1.29, 1.82) is 0 Å². The quantitative estimate of drug-likeness (QED) is 0.767. The molecule has 0 bridgehead atoms. The van der Waals surface area contributed by atoms with Crippen molar-refractivity contribution in [2.24, 2.45) is 5.41 Å². The number of hydrazine groups is 1. The fraction of sp³-hybridized carbons (Fsp3) is 0.474. The standard InChI is InChI=1S/C19H26N4OS/c1-19(2,3)10-17(13-5-4-7-20-11-13)21-18(24)16-9-15(22-23-16)14-6-8-25-12-14/h4-8,11-12,15-17,22-23H,9-10H2,1-3H3,(H,21,24). The minimum absolute atomic E-state index is 0.0309. The van der Waals surface area contributed by atoms with Crippen LogP contribution in [0.15, 0.2) is 41.4 Å². The van der Waals surface area contributed by atoms with E-state index in [2.05, 4.69) is 58.8 Å². The SMILES string of the molecule is CC(C)(C)CC(NC(=O)C1CC(c2ccsc2)NN1)c1cccnc1. The molecule has 0 spiro atoms. The lowest BCUT2D eigenvalue weighted by molar-refractivity contribution is -0.123. The van der Waals surface area contributed by atoms with Crippen LogP contribution in [0.25, 0.3) is 0 Å². The second-order valence-corrected chi connectivity index (χ2v) is 8.58. The summed E-state index contributed by atoms with van der Waals surface area (Å²) in [6.45, 7) is 6.56. The number of nitrogens with one attached hydrogen (secondary N) is 3. The van der Waals surface area contributed by atoms with Gasteiger partial charge >= 0.3 is 0 Å². The predicted octanol–water partition coefficient (Wildman–Crippen LogP) is 3.34. The zero-order valence-electron chi connectivity index (χ0n) is 15.0. The average molecular weight is 359 g/mol. The molecule has 2 aromatic rings. The van der Waals surface area contributed by atoms with Crippen molar-refractivity contribution < 1.29 is 4.79 Å². The summed E-state index contributed by atoms with van der Waals surface area (Å²) in [7, 11) is 0. The van der Waals surface area contributed by atoms with Gasteiger partial charge in [0.2, 0.25) is 5.91 Å². The van der Waals surface area contributed by atoms with Gasteiger partial charge in [0.25, 0.3) is 0 Å². The van der Waals surface area contributed by atoms with Crippen LogP contribution in [-0.4, -0.2) is 16.9 Å². The largest absolute Gasteiger partial charge is 0.348 e. The Kier molecular flexibility index (Phi) is 5.51. The van der Waals surface area contributed by atoms with Crippen LogP contribution >= 0.6 is 11.3 Å². The summed E-state index contributed by atoms with van der Waals surface area (Å²) in [5, 5.41) is 7.40. The first-order chi connectivity index (χ1) is 11.9.